The van der Waals surface area contributed by atoms with Gasteiger partial charge in [-0.05, 0) is 59.5 Å². The number of carbonyl (C=O) groups excluding carboxylic acids is 2. The van der Waals surface area contributed by atoms with Crippen LogP contribution in [0.2, 0.25) is 10.0 Å². The van der Waals surface area contributed by atoms with Gasteiger partial charge in [0.15, 0.2) is 11.6 Å². The van der Waals surface area contributed by atoms with Crippen LogP contribution in [-0.2, 0) is 32.2 Å². The van der Waals surface area contributed by atoms with Gasteiger partial charge in [0.1, 0.15) is 17.8 Å². The molecule has 228 valence electrons. The zero-order valence-corrected chi connectivity index (χ0v) is 25.5. The van der Waals surface area contributed by atoms with E-state index in [4.69, 9.17) is 32.7 Å². The lowest BCUT2D eigenvalue weighted by atomic mass is 9.83. The molecule has 0 N–H and O–H groups in total. The number of alkyl halides is 3. The highest BCUT2D eigenvalue weighted by atomic mass is 35.5. The van der Waals surface area contributed by atoms with Crippen LogP contribution in [0.1, 0.15) is 52.4 Å². The normalized spacial score (nSPS) is 16.9. The molecule has 1 spiro atoms. The summed E-state index contributed by atoms with van der Waals surface area (Å²) >= 11 is 13.8. The number of hydrogen-bond donors (Lipinski definition) is 0. The zero-order chi connectivity index (χ0) is 31.2. The molecule has 1 saturated heterocycles. The summed E-state index contributed by atoms with van der Waals surface area (Å²) in [6, 6.07) is 15.6. The lowest BCUT2D eigenvalue weighted by molar-refractivity contribution is -0.185. The molecule has 2 heterocycles. The highest BCUT2D eigenvalue weighted by Crippen LogP contribution is 2.46. The zero-order valence-electron chi connectivity index (χ0n) is 23.2. The molecule has 2 aliphatic heterocycles. The van der Waals surface area contributed by atoms with Crippen molar-refractivity contribution in [3.63, 3.8) is 0 Å². The van der Waals surface area contributed by atoms with Gasteiger partial charge in [-0.1, -0.05) is 47.5 Å². The van der Waals surface area contributed by atoms with Crippen molar-refractivity contribution in [2.45, 2.75) is 48.6 Å². The molecule has 12 heteroatoms. The summed E-state index contributed by atoms with van der Waals surface area (Å²) < 4.78 is 62.6. The van der Waals surface area contributed by atoms with Crippen LogP contribution in [0, 0.1) is 5.82 Å². The van der Waals surface area contributed by atoms with Crippen molar-refractivity contribution in [2.75, 3.05) is 20.2 Å². The maximum atomic E-state index is 14.3. The maximum Gasteiger partial charge on any atom is 0.397 e. The fraction of sp³-hybridized carbons (Fsp3) is 0.355. The fourth-order valence-corrected chi connectivity index (χ4v) is 7.07. The Morgan fingerprint density at radius 1 is 1.02 bits per heavy atom. The topological polar surface area (TPSA) is 55.8 Å². The van der Waals surface area contributed by atoms with Gasteiger partial charge in [-0.25, -0.2) is 4.39 Å². The molecule has 5 nitrogen and oxygen atoms in total. The smallest absolute Gasteiger partial charge is 0.397 e. The molecular weight excluding hydrogens is 629 g/mol. The maximum absolute atomic E-state index is 14.3. The molecule has 3 aromatic carbocycles. The third kappa shape index (κ3) is 6.67. The number of benzene rings is 3. The number of Topliss-reactive ketones (excluding diaryl/α,β-unsaturated/α-hetero) is 1. The number of ether oxygens (including phenoxy) is 2. The first-order valence-corrected chi connectivity index (χ1v) is 15.0. The van der Waals surface area contributed by atoms with E-state index in [0.29, 0.717) is 22.6 Å². The summed E-state index contributed by atoms with van der Waals surface area (Å²) in [7, 11) is 1.58. The van der Waals surface area contributed by atoms with Crippen LogP contribution in [0.3, 0.4) is 0 Å². The Bertz CT molecular complexity index is 1540. The van der Waals surface area contributed by atoms with Crippen molar-refractivity contribution >= 4 is 46.7 Å². The van der Waals surface area contributed by atoms with Gasteiger partial charge >= 0.3 is 6.18 Å². The molecular formula is C31H27Cl2F4NO4S. The third-order valence-electron chi connectivity index (χ3n) is 7.83. The minimum absolute atomic E-state index is 0.0222. The lowest BCUT2D eigenvalue weighted by Crippen LogP contribution is -2.61. The first kappa shape index (κ1) is 31.6. The number of carbonyl (C=O) groups is 2. The molecule has 2 aliphatic rings. The van der Waals surface area contributed by atoms with E-state index in [9.17, 15) is 27.2 Å². The Morgan fingerprint density at radius 2 is 1.67 bits per heavy atom. The monoisotopic (exact) mass is 655 g/mol. The largest absolute Gasteiger partial charge is 0.497 e. The fourth-order valence-electron chi connectivity index (χ4n) is 5.39. The standard InChI is InChI=1S/C31H27Cl2F4NO4S/c1-29(21-10-24(32)28(34)25(33)11-21,43-15-18-3-6-22(41-2)7-4-18)12-26(39)19-5-8-23-20(9-19)14-42-30(23)16-38(17-30)27(40)13-31(35,36)37/h3-11H,12-17H2,1-2H3/t29-/m0/s1. The van der Waals surface area contributed by atoms with Gasteiger partial charge in [0.05, 0.1) is 36.9 Å². The summed E-state index contributed by atoms with van der Waals surface area (Å²) in [6.07, 6.45) is -6.05. The molecule has 1 amide bonds. The molecule has 3 aromatic rings. The second-order valence-corrected chi connectivity index (χ2v) is 13.2. The van der Waals surface area contributed by atoms with Crippen molar-refractivity contribution in [3.8, 4) is 5.75 Å². The van der Waals surface area contributed by atoms with Crippen LogP contribution >= 0.6 is 35.0 Å². The van der Waals surface area contributed by atoms with Crippen molar-refractivity contribution in [1.29, 1.82) is 0 Å². The van der Waals surface area contributed by atoms with Crippen LogP contribution in [-0.4, -0.2) is 43.0 Å². The van der Waals surface area contributed by atoms with Crippen LogP contribution in [0.25, 0.3) is 0 Å². The summed E-state index contributed by atoms with van der Waals surface area (Å²) in [5.74, 6) is -0.656. The number of hydrogen-bond acceptors (Lipinski definition) is 5. The van der Waals surface area contributed by atoms with E-state index in [1.54, 1.807) is 25.3 Å². The molecule has 0 bridgehead atoms. The van der Waals surface area contributed by atoms with Gasteiger partial charge < -0.3 is 14.4 Å². The molecule has 0 unspecified atom stereocenters. The first-order valence-electron chi connectivity index (χ1n) is 13.3. The summed E-state index contributed by atoms with van der Waals surface area (Å²) in [6.45, 7) is 2.10. The van der Waals surface area contributed by atoms with E-state index in [0.717, 1.165) is 21.6 Å². The Hall–Kier alpha value is -2.79. The Balaban J connectivity index is 1.35. The van der Waals surface area contributed by atoms with E-state index < -0.39 is 34.7 Å². The van der Waals surface area contributed by atoms with Gasteiger partial charge in [0.25, 0.3) is 0 Å². The molecule has 0 radical (unpaired) electrons. The molecule has 0 saturated carbocycles. The number of thioether (sulfide) groups is 1. The molecule has 5 rings (SSSR count). The van der Waals surface area contributed by atoms with Crippen molar-refractivity contribution in [3.05, 3.63) is 98.3 Å². The van der Waals surface area contributed by atoms with Gasteiger partial charge in [0, 0.05) is 22.5 Å². The molecule has 43 heavy (non-hydrogen) atoms. The van der Waals surface area contributed by atoms with Gasteiger partial charge in [-0.15, -0.1) is 11.8 Å². The van der Waals surface area contributed by atoms with Crippen LogP contribution in [0.5, 0.6) is 5.75 Å². The number of methoxy groups -OCH3 is 1. The Labute approximate surface area is 260 Å². The number of ketones is 1. The third-order valence-corrected chi connectivity index (χ3v) is 9.87. The molecule has 0 aromatic heterocycles. The number of halogens is 6. The van der Waals surface area contributed by atoms with E-state index in [1.807, 2.05) is 31.2 Å². The van der Waals surface area contributed by atoms with Gasteiger partial charge in [-0.3, -0.25) is 9.59 Å². The highest BCUT2D eigenvalue weighted by molar-refractivity contribution is 7.99. The minimum Gasteiger partial charge on any atom is -0.497 e. The van der Waals surface area contributed by atoms with E-state index in [-0.39, 0.29) is 41.9 Å². The van der Waals surface area contributed by atoms with Crippen LogP contribution in [0.4, 0.5) is 17.6 Å². The predicted octanol–water partition coefficient (Wildman–Crippen LogP) is 8.08. The Kier molecular flexibility index (Phi) is 8.79. The van der Waals surface area contributed by atoms with Crippen molar-refractivity contribution < 1.29 is 36.6 Å². The number of nitrogens with zero attached hydrogens (tertiary/aromatic N) is 1. The average molecular weight is 657 g/mol. The summed E-state index contributed by atoms with van der Waals surface area (Å²) in [5, 5.41) is -0.288. The molecule has 1 atom stereocenters. The quantitative estimate of drug-likeness (QED) is 0.133. The number of fused-ring (bicyclic) bond motifs is 2. The number of likely N-dealkylation sites (tertiary alicyclic amines) is 1. The summed E-state index contributed by atoms with van der Waals surface area (Å²) in [5.41, 5.74) is 2.65. The molecule has 1 fully saturated rings. The van der Waals surface area contributed by atoms with E-state index in [2.05, 4.69) is 0 Å². The summed E-state index contributed by atoms with van der Waals surface area (Å²) in [4.78, 5) is 26.8. The predicted molar refractivity (Wildman–Crippen MR) is 157 cm³/mol. The van der Waals surface area contributed by atoms with Gasteiger partial charge in [-0.2, -0.15) is 13.2 Å². The minimum atomic E-state index is -4.57. The lowest BCUT2D eigenvalue weighted by Gasteiger charge is -2.47. The Morgan fingerprint density at radius 3 is 2.28 bits per heavy atom. The van der Waals surface area contributed by atoms with Crippen molar-refractivity contribution in [1.82, 2.24) is 4.90 Å². The molecule has 0 aliphatic carbocycles. The van der Waals surface area contributed by atoms with E-state index in [1.165, 1.54) is 23.9 Å². The van der Waals surface area contributed by atoms with Crippen molar-refractivity contribution in [2.24, 2.45) is 0 Å². The first-order chi connectivity index (χ1) is 20.2. The van der Waals surface area contributed by atoms with Crippen LogP contribution < -0.4 is 4.74 Å². The average Bonchev–Trinajstić information content (AvgIpc) is 3.32. The van der Waals surface area contributed by atoms with E-state index >= 15 is 0 Å². The highest BCUT2D eigenvalue weighted by Gasteiger charge is 2.52. The van der Waals surface area contributed by atoms with Crippen LogP contribution in [0.15, 0.2) is 54.6 Å². The van der Waals surface area contributed by atoms with Gasteiger partial charge in [0.2, 0.25) is 5.91 Å². The second-order valence-electron chi connectivity index (χ2n) is 10.9. The number of rotatable bonds is 9. The SMILES string of the molecule is COc1ccc(CS[C@@](C)(CC(=O)c2ccc3c(c2)COC32CN(C(=O)CC(F)(F)F)C2)c2cc(Cl)c(F)c(Cl)c2)cc1. The second kappa shape index (κ2) is 12.0. The number of amides is 1.